The summed E-state index contributed by atoms with van der Waals surface area (Å²) < 4.78 is 0. The molecule has 1 aromatic heterocycles. The van der Waals surface area contributed by atoms with Gasteiger partial charge in [0.1, 0.15) is 0 Å². The molecule has 1 unspecified atom stereocenters. The average molecular weight is 291 g/mol. The van der Waals surface area contributed by atoms with Crippen molar-refractivity contribution in [1.82, 2.24) is 15.2 Å². The molecule has 21 heavy (non-hydrogen) atoms. The Balaban J connectivity index is 2.54. The van der Waals surface area contributed by atoms with Crippen LogP contribution in [0, 0.1) is 0 Å². The zero-order valence-electron chi connectivity index (χ0n) is 14.4. The van der Waals surface area contributed by atoms with Crippen LogP contribution >= 0.6 is 0 Å². The molecule has 0 aliphatic heterocycles. The predicted octanol–water partition coefficient (Wildman–Crippen LogP) is 3.29. The monoisotopic (exact) mass is 291 g/mol. The van der Waals surface area contributed by atoms with Crippen molar-refractivity contribution in [2.24, 2.45) is 0 Å². The van der Waals surface area contributed by atoms with Gasteiger partial charge in [-0.2, -0.15) is 0 Å². The normalized spacial score (nSPS) is 12.8. The summed E-state index contributed by atoms with van der Waals surface area (Å²) in [6.07, 6.45) is 6.50. The topological polar surface area (TPSA) is 28.2 Å². The van der Waals surface area contributed by atoms with Crippen LogP contribution in [0.15, 0.2) is 18.3 Å². The molecular weight excluding hydrogens is 258 g/mol. The van der Waals surface area contributed by atoms with Crippen LogP contribution in [-0.2, 0) is 12.8 Å². The van der Waals surface area contributed by atoms with Gasteiger partial charge in [0.05, 0.1) is 0 Å². The first-order chi connectivity index (χ1) is 10.2. The molecule has 1 rings (SSSR count). The first-order valence-corrected chi connectivity index (χ1v) is 8.62. The zero-order valence-corrected chi connectivity index (χ0v) is 14.4. The van der Waals surface area contributed by atoms with Gasteiger partial charge in [0.25, 0.3) is 0 Å². The molecule has 0 saturated heterocycles. The molecular formula is C18H33N3. The number of aryl methyl sites for hydroxylation is 1. The molecule has 0 aliphatic rings. The standard InChI is InChI=1S/C18H33N3/c1-5-12-19-18(11-13-21(7-3)8-4)14-17-10-9-16(6-2)15-20-17/h9-10,15,18-19H,5-8,11-14H2,1-4H3. The van der Waals surface area contributed by atoms with Crippen LogP contribution in [0.2, 0.25) is 0 Å². The lowest BCUT2D eigenvalue weighted by molar-refractivity contribution is 0.280. The molecule has 0 amide bonds. The molecule has 0 aromatic carbocycles. The first kappa shape index (κ1) is 18.1. The predicted molar refractivity (Wildman–Crippen MR) is 91.8 cm³/mol. The molecule has 1 heterocycles. The zero-order chi connectivity index (χ0) is 15.5. The van der Waals surface area contributed by atoms with Gasteiger partial charge in [0, 0.05) is 24.4 Å². The van der Waals surface area contributed by atoms with Crippen molar-refractivity contribution < 1.29 is 0 Å². The Kier molecular flexibility index (Phi) is 9.27. The highest BCUT2D eigenvalue weighted by atomic mass is 15.1. The SMILES string of the molecule is CCCNC(CCN(CC)CC)Cc1ccc(CC)cn1. The first-order valence-electron chi connectivity index (χ1n) is 8.62. The van der Waals surface area contributed by atoms with E-state index >= 15 is 0 Å². The van der Waals surface area contributed by atoms with E-state index in [4.69, 9.17) is 0 Å². The van der Waals surface area contributed by atoms with Gasteiger partial charge in [0.2, 0.25) is 0 Å². The minimum atomic E-state index is 0.533. The molecule has 0 aliphatic carbocycles. The molecule has 0 bridgehead atoms. The Labute approximate surface area is 131 Å². The van der Waals surface area contributed by atoms with Gasteiger partial charge in [-0.15, -0.1) is 0 Å². The van der Waals surface area contributed by atoms with Gasteiger partial charge in [-0.3, -0.25) is 4.98 Å². The van der Waals surface area contributed by atoms with Crippen molar-refractivity contribution in [3.8, 4) is 0 Å². The van der Waals surface area contributed by atoms with E-state index in [1.54, 1.807) is 0 Å². The lowest BCUT2D eigenvalue weighted by atomic mass is 10.1. The number of pyridine rings is 1. The van der Waals surface area contributed by atoms with Crippen molar-refractivity contribution in [3.63, 3.8) is 0 Å². The minimum Gasteiger partial charge on any atom is -0.314 e. The van der Waals surface area contributed by atoms with Gasteiger partial charge >= 0.3 is 0 Å². The van der Waals surface area contributed by atoms with Gasteiger partial charge in [0.15, 0.2) is 0 Å². The van der Waals surface area contributed by atoms with Crippen molar-refractivity contribution in [1.29, 1.82) is 0 Å². The van der Waals surface area contributed by atoms with E-state index in [2.05, 4.69) is 55.0 Å². The summed E-state index contributed by atoms with van der Waals surface area (Å²) in [4.78, 5) is 7.11. The fourth-order valence-electron chi connectivity index (χ4n) is 2.54. The Morgan fingerprint density at radius 3 is 2.43 bits per heavy atom. The molecule has 0 radical (unpaired) electrons. The second-order valence-corrected chi connectivity index (χ2v) is 5.68. The molecule has 1 aromatic rings. The summed E-state index contributed by atoms with van der Waals surface area (Å²) in [6.45, 7) is 13.4. The van der Waals surface area contributed by atoms with Crippen molar-refractivity contribution in [3.05, 3.63) is 29.6 Å². The lowest BCUT2D eigenvalue weighted by Gasteiger charge is -2.23. The smallest absolute Gasteiger partial charge is 0.0419 e. The minimum absolute atomic E-state index is 0.533. The lowest BCUT2D eigenvalue weighted by Crippen LogP contribution is -2.36. The average Bonchev–Trinajstić information content (AvgIpc) is 2.53. The Morgan fingerprint density at radius 2 is 1.90 bits per heavy atom. The summed E-state index contributed by atoms with van der Waals surface area (Å²) in [6, 6.07) is 4.94. The van der Waals surface area contributed by atoms with E-state index in [0.29, 0.717) is 6.04 Å². The number of aromatic nitrogens is 1. The van der Waals surface area contributed by atoms with Crippen LogP contribution < -0.4 is 5.32 Å². The molecule has 3 nitrogen and oxygen atoms in total. The van der Waals surface area contributed by atoms with Gasteiger partial charge in [-0.1, -0.05) is 33.8 Å². The van der Waals surface area contributed by atoms with Crippen LogP contribution in [0.5, 0.6) is 0 Å². The number of rotatable bonds is 11. The Bertz CT molecular complexity index is 357. The molecule has 1 N–H and O–H groups in total. The fraction of sp³-hybridized carbons (Fsp3) is 0.722. The Morgan fingerprint density at radius 1 is 1.14 bits per heavy atom. The second kappa shape index (κ2) is 10.7. The molecule has 1 atom stereocenters. The van der Waals surface area contributed by atoms with Gasteiger partial charge < -0.3 is 10.2 Å². The number of nitrogens with zero attached hydrogens (tertiary/aromatic N) is 2. The summed E-state index contributed by atoms with van der Waals surface area (Å²) in [5.74, 6) is 0. The van der Waals surface area contributed by atoms with Crippen molar-refractivity contribution >= 4 is 0 Å². The number of nitrogens with one attached hydrogen (secondary N) is 1. The van der Waals surface area contributed by atoms with Gasteiger partial charge in [-0.25, -0.2) is 0 Å². The van der Waals surface area contributed by atoms with E-state index in [1.807, 2.05) is 6.20 Å². The summed E-state index contributed by atoms with van der Waals surface area (Å²) in [5.41, 5.74) is 2.53. The summed E-state index contributed by atoms with van der Waals surface area (Å²) in [5, 5.41) is 3.68. The summed E-state index contributed by atoms with van der Waals surface area (Å²) in [7, 11) is 0. The number of hydrogen-bond donors (Lipinski definition) is 1. The van der Waals surface area contributed by atoms with Crippen LogP contribution in [-0.4, -0.2) is 42.1 Å². The molecule has 0 fully saturated rings. The van der Waals surface area contributed by atoms with Crippen molar-refractivity contribution in [2.45, 2.75) is 59.4 Å². The molecule has 120 valence electrons. The van der Waals surface area contributed by atoms with Gasteiger partial charge in [-0.05, 0) is 57.1 Å². The van der Waals surface area contributed by atoms with E-state index in [1.165, 1.54) is 30.6 Å². The van der Waals surface area contributed by atoms with E-state index < -0.39 is 0 Å². The highest BCUT2D eigenvalue weighted by Gasteiger charge is 2.11. The second-order valence-electron chi connectivity index (χ2n) is 5.68. The quantitative estimate of drug-likeness (QED) is 0.678. The molecule has 0 saturated carbocycles. The van der Waals surface area contributed by atoms with Crippen LogP contribution in [0.4, 0.5) is 0 Å². The third-order valence-corrected chi connectivity index (χ3v) is 4.12. The van der Waals surface area contributed by atoms with Crippen molar-refractivity contribution in [2.75, 3.05) is 26.2 Å². The third-order valence-electron chi connectivity index (χ3n) is 4.12. The molecule has 0 spiro atoms. The van der Waals surface area contributed by atoms with Crippen LogP contribution in [0.25, 0.3) is 0 Å². The maximum atomic E-state index is 4.61. The van der Waals surface area contributed by atoms with Crippen LogP contribution in [0.1, 0.15) is 51.8 Å². The van der Waals surface area contributed by atoms with Crippen LogP contribution in [0.3, 0.4) is 0 Å². The fourth-order valence-corrected chi connectivity index (χ4v) is 2.54. The van der Waals surface area contributed by atoms with E-state index in [9.17, 15) is 0 Å². The highest BCUT2D eigenvalue weighted by Crippen LogP contribution is 2.07. The molecule has 3 heteroatoms. The maximum Gasteiger partial charge on any atom is 0.0419 e. The number of hydrogen-bond acceptors (Lipinski definition) is 3. The maximum absolute atomic E-state index is 4.61. The largest absolute Gasteiger partial charge is 0.314 e. The highest BCUT2D eigenvalue weighted by molar-refractivity contribution is 5.14. The third kappa shape index (κ3) is 7.05. The van der Waals surface area contributed by atoms with E-state index in [-0.39, 0.29) is 0 Å². The Hall–Kier alpha value is -0.930. The summed E-state index contributed by atoms with van der Waals surface area (Å²) >= 11 is 0. The van der Waals surface area contributed by atoms with E-state index in [0.717, 1.165) is 32.5 Å².